The van der Waals surface area contributed by atoms with E-state index < -0.39 is 0 Å². The van der Waals surface area contributed by atoms with Crippen LogP contribution in [0, 0.1) is 0 Å². The minimum absolute atomic E-state index is 0. The van der Waals surface area contributed by atoms with Gasteiger partial charge in [0.2, 0.25) is 0 Å². The summed E-state index contributed by atoms with van der Waals surface area (Å²) in [5, 5.41) is 0. The first-order valence-electron chi connectivity index (χ1n) is 0. The molecule has 0 N–H and O–H groups in total. The van der Waals surface area contributed by atoms with Gasteiger partial charge < -0.3 is 27.0 Å². The molecule has 0 spiro atoms. The Bertz CT molecular complexity index is 8.75. The van der Waals surface area contributed by atoms with Gasteiger partial charge in [-0.15, -0.1) is 0 Å². The second-order valence-corrected chi connectivity index (χ2v) is 0. The van der Waals surface area contributed by atoms with Gasteiger partial charge in [-0.2, -0.15) is 13.5 Å². The summed E-state index contributed by atoms with van der Waals surface area (Å²) in [6.45, 7) is 0. The first-order chi connectivity index (χ1) is 0. The zero-order valence-electron chi connectivity index (χ0n) is 3.23. The van der Waals surface area contributed by atoms with E-state index in [1.165, 1.54) is 0 Å². The standard InChI is InChI=1S/H2S.2S.H2Se.2Zn/h1H2;;;1H2;;/q;2*-2;;2*+2. The van der Waals surface area contributed by atoms with Gasteiger partial charge in [0.25, 0.3) is 0 Å². The van der Waals surface area contributed by atoms with Crippen molar-refractivity contribution in [2.24, 2.45) is 0 Å². The summed E-state index contributed by atoms with van der Waals surface area (Å²) >= 11 is 0. The van der Waals surface area contributed by atoms with Crippen LogP contribution in [0.15, 0.2) is 0 Å². The van der Waals surface area contributed by atoms with E-state index in [4.69, 9.17) is 0 Å². The van der Waals surface area contributed by atoms with Crippen molar-refractivity contribution in [1.82, 2.24) is 0 Å². The smallest absolute Gasteiger partial charge is 2.00 e. The molecule has 0 aromatic rings. The molecule has 0 aliphatic heterocycles. The van der Waals surface area contributed by atoms with Crippen LogP contribution in [-0.2, 0) is 65.9 Å². The molecule has 0 aliphatic carbocycles. The summed E-state index contributed by atoms with van der Waals surface area (Å²) in [5.41, 5.74) is 0. The normalized spacial score (nSPS) is 0. The van der Waals surface area contributed by atoms with Gasteiger partial charge in [0, 0.05) is 0 Å². The van der Waals surface area contributed by atoms with E-state index in [0.29, 0.717) is 0 Å². The van der Waals surface area contributed by atoms with Crippen LogP contribution >= 0.6 is 13.5 Å². The topological polar surface area (TPSA) is 0 Å². The van der Waals surface area contributed by atoms with Crippen LogP contribution < -0.4 is 0 Å². The van der Waals surface area contributed by atoms with E-state index in [0.717, 1.165) is 0 Å². The molecular weight excluding hydrogens is 306 g/mol. The average molecular weight is 310 g/mol. The number of hydrogen-bond donors (Lipinski definition) is 0. The van der Waals surface area contributed by atoms with Crippen molar-refractivity contribution in [2.45, 2.75) is 0 Å². The predicted molar refractivity (Wildman–Crippen MR) is 33.7 cm³/mol. The Hall–Kier alpha value is 2.82. The molecular formula is H4S3SeZn2. The van der Waals surface area contributed by atoms with Gasteiger partial charge in [0.05, 0.1) is 0 Å². The van der Waals surface area contributed by atoms with Crippen molar-refractivity contribution in [2.75, 3.05) is 0 Å². The van der Waals surface area contributed by atoms with Crippen molar-refractivity contribution in [3.8, 4) is 0 Å². The van der Waals surface area contributed by atoms with E-state index in [2.05, 4.69) is 0 Å². The summed E-state index contributed by atoms with van der Waals surface area (Å²) in [4.78, 5) is 0. The molecule has 0 unspecified atom stereocenters. The van der Waals surface area contributed by atoms with E-state index in [1.807, 2.05) is 0 Å². The third kappa shape index (κ3) is 29.1. The van der Waals surface area contributed by atoms with Crippen LogP contribution in [0.25, 0.3) is 0 Å². The monoisotopic (exact) mass is 308 g/mol. The molecule has 0 amide bonds. The Balaban J connectivity index is 0. The number of rotatable bonds is 0. The van der Waals surface area contributed by atoms with E-state index in [-0.39, 0.29) is 96.5 Å². The molecule has 0 nitrogen and oxygen atoms in total. The predicted octanol–water partition coefficient (Wildman–Crippen LogP) is -0.813. The Morgan fingerprint density at radius 1 is 0.667 bits per heavy atom. The van der Waals surface area contributed by atoms with Gasteiger partial charge in [-0.3, -0.25) is 0 Å². The van der Waals surface area contributed by atoms with Crippen LogP contribution in [-0.4, -0.2) is 17.1 Å². The molecule has 0 saturated carbocycles. The average Bonchev–Trinajstić information content (AvgIpc) is 0. The maximum atomic E-state index is 0. The molecule has 6 heavy (non-hydrogen) atoms. The first-order valence-corrected chi connectivity index (χ1v) is 0. The molecule has 0 saturated heterocycles. The summed E-state index contributed by atoms with van der Waals surface area (Å²) in [5.74, 6) is 0. The second-order valence-electron chi connectivity index (χ2n) is 0. The molecule has 0 aromatic heterocycles. The Kier molecular flexibility index (Phi) is 518. The Labute approximate surface area is 95.3 Å². The van der Waals surface area contributed by atoms with Crippen LogP contribution in [0.4, 0.5) is 0 Å². The first kappa shape index (κ1) is 67.9. The molecule has 0 bridgehead atoms. The fourth-order valence-electron chi connectivity index (χ4n) is 0. The van der Waals surface area contributed by atoms with Gasteiger partial charge in [0.1, 0.15) is 0 Å². The minimum Gasteiger partial charge on any atom is 2.00 e. The van der Waals surface area contributed by atoms with E-state index >= 15 is 0 Å². The quantitative estimate of drug-likeness (QED) is 0.513. The van der Waals surface area contributed by atoms with Crippen LogP contribution in [0.3, 0.4) is 0 Å². The summed E-state index contributed by atoms with van der Waals surface area (Å²) < 4.78 is 0. The van der Waals surface area contributed by atoms with E-state index in [9.17, 15) is 0 Å². The third-order valence-electron chi connectivity index (χ3n) is 0. The summed E-state index contributed by atoms with van der Waals surface area (Å²) in [6, 6.07) is 0. The molecule has 0 atom stereocenters. The van der Waals surface area contributed by atoms with Crippen molar-refractivity contribution >= 4 is 57.6 Å². The zero-order valence-corrected chi connectivity index (χ0v) is 13.9. The van der Waals surface area contributed by atoms with Gasteiger partial charge in [0.15, 0.2) is 0 Å². The summed E-state index contributed by atoms with van der Waals surface area (Å²) in [7, 11) is 0. The molecule has 6 heteroatoms. The SMILES string of the molecule is S.[S-2].[S-2].[SeH2].[Zn+2].[Zn+2]. The van der Waals surface area contributed by atoms with Crippen molar-refractivity contribution in [1.29, 1.82) is 0 Å². The molecule has 32 valence electrons. The fourth-order valence-corrected chi connectivity index (χ4v) is 0. The Morgan fingerprint density at radius 2 is 0.667 bits per heavy atom. The van der Waals surface area contributed by atoms with Gasteiger partial charge in [-0.1, -0.05) is 0 Å². The molecule has 0 heterocycles. The largest absolute Gasteiger partial charge is 2.00 e. The zero-order chi connectivity index (χ0) is 0. The van der Waals surface area contributed by atoms with Crippen molar-refractivity contribution in [3.63, 3.8) is 0 Å². The van der Waals surface area contributed by atoms with Crippen LogP contribution in [0.2, 0.25) is 0 Å². The third-order valence-corrected chi connectivity index (χ3v) is 0. The molecule has 0 rings (SSSR count). The molecule has 0 aromatic carbocycles. The minimum atomic E-state index is 0. The fraction of sp³-hybridized carbons (Fsp3) is 0. The van der Waals surface area contributed by atoms with E-state index in [1.54, 1.807) is 0 Å². The number of hydrogen-bond acceptors (Lipinski definition) is 0. The Morgan fingerprint density at radius 3 is 0.667 bits per heavy atom. The summed E-state index contributed by atoms with van der Waals surface area (Å²) in [6.07, 6.45) is 0. The van der Waals surface area contributed by atoms with Crippen molar-refractivity contribution in [3.05, 3.63) is 0 Å². The maximum absolute atomic E-state index is 0. The molecule has 0 aliphatic rings. The van der Waals surface area contributed by atoms with Gasteiger partial charge in [-0.05, 0) is 0 Å². The second kappa shape index (κ2) is 45.8. The molecule has 0 fully saturated rings. The molecule has 0 radical (unpaired) electrons. The van der Waals surface area contributed by atoms with Crippen molar-refractivity contribution < 1.29 is 39.0 Å². The van der Waals surface area contributed by atoms with Gasteiger partial charge >= 0.3 is 56.0 Å². The maximum Gasteiger partial charge on any atom is 2.00 e. The van der Waals surface area contributed by atoms with Crippen LogP contribution in [0.1, 0.15) is 0 Å². The van der Waals surface area contributed by atoms with Gasteiger partial charge in [-0.25, -0.2) is 0 Å². The van der Waals surface area contributed by atoms with Crippen LogP contribution in [0.5, 0.6) is 0 Å².